The second-order valence-electron chi connectivity index (χ2n) is 5.29. The summed E-state index contributed by atoms with van der Waals surface area (Å²) in [5, 5.41) is 4.21. The Hall–Kier alpha value is -1.47. The summed E-state index contributed by atoms with van der Waals surface area (Å²) in [7, 11) is 0. The lowest BCUT2D eigenvalue weighted by Gasteiger charge is -2.10. The molecule has 0 heterocycles. The predicted molar refractivity (Wildman–Crippen MR) is 82.0 cm³/mol. The summed E-state index contributed by atoms with van der Waals surface area (Å²) in [5.41, 5.74) is 6.62. The standard InChI is InChI=1S/C17H18ClN/c1-12-5-8-16(18)17(9-12)19-11-13-6-7-14-3-2-4-15(14)10-13/h5-10,19H,2-4,11H2,1H3. The number of aryl methyl sites for hydroxylation is 3. The number of nitrogens with one attached hydrogen (secondary N) is 1. The van der Waals surface area contributed by atoms with Crippen molar-refractivity contribution in [3.05, 3.63) is 63.7 Å². The van der Waals surface area contributed by atoms with Gasteiger partial charge in [0.1, 0.15) is 0 Å². The molecule has 0 bridgehead atoms. The van der Waals surface area contributed by atoms with Crippen LogP contribution in [0.1, 0.15) is 28.7 Å². The molecule has 0 spiro atoms. The number of fused-ring (bicyclic) bond motifs is 1. The molecule has 1 N–H and O–H groups in total. The first-order chi connectivity index (χ1) is 9.22. The molecule has 2 aromatic carbocycles. The highest BCUT2D eigenvalue weighted by Crippen LogP contribution is 2.25. The van der Waals surface area contributed by atoms with E-state index in [2.05, 4.69) is 36.5 Å². The van der Waals surface area contributed by atoms with Gasteiger partial charge in [-0.2, -0.15) is 0 Å². The lowest BCUT2D eigenvalue weighted by atomic mass is 10.1. The van der Waals surface area contributed by atoms with Gasteiger partial charge in [0.15, 0.2) is 0 Å². The Kier molecular flexibility index (Phi) is 3.48. The second kappa shape index (κ2) is 5.26. The van der Waals surface area contributed by atoms with E-state index in [4.69, 9.17) is 11.6 Å². The topological polar surface area (TPSA) is 12.0 Å². The van der Waals surface area contributed by atoms with Gasteiger partial charge < -0.3 is 5.32 Å². The minimum atomic E-state index is 0.784. The maximum atomic E-state index is 6.19. The normalized spacial score (nSPS) is 13.4. The van der Waals surface area contributed by atoms with Crippen molar-refractivity contribution < 1.29 is 0 Å². The quantitative estimate of drug-likeness (QED) is 0.849. The Morgan fingerprint density at radius 3 is 2.79 bits per heavy atom. The van der Waals surface area contributed by atoms with Gasteiger partial charge in [-0.05, 0) is 60.6 Å². The first-order valence-corrected chi connectivity index (χ1v) is 7.21. The number of anilines is 1. The van der Waals surface area contributed by atoms with Gasteiger partial charge in [0.05, 0.1) is 10.7 Å². The van der Waals surface area contributed by atoms with Crippen LogP contribution in [-0.2, 0) is 19.4 Å². The Labute approximate surface area is 119 Å². The molecule has 0 aliphatic heterocycles. The van der Waals surface area contributed by atoms with Crippen LogP contribution in [-0.4, -0.2) is 0 Å². The molecule has 0 radical (unpaired) electrons. The molecule has 0 saturated heterocycles. The van der Waals surface area contributed by atoms with Crippen molar-refractivity contribution in [3.63, 3.8) is 0 Å². The number of rotatable bonds is 3. The minimum Gasteiger partial charge on any atom is -0.380 e. The number of hydrogen-bond donors (Lipinski definition) is 1. The van der Waals surface area contributed by atoms with Crippen LogP contribution >= 0.6 is 11.6 Å². The SMILES string of the molecule is Cc1ccc(Cl)c(NCc2ccc3c(c2)CCC3)c1. The number of benzene rings is 2. The average molecular weight is 272 g/mol. The zero-order chi connectivity index (χ0) is 13.2. The van der Waals surface area contributed by atoms with Gasteiger partial charge >= 0.3 is 0 Å². The second-order valence-corrected chi connectivity index (χ2v) is 5.70. The van der Waals surface area contributed by atoms with E-state index in [0.29, 0.717) is 0 Å². The number of hydrogen-bond acceptors (Lipinski definition) is 1. The summed E-state index contributed by atoms with van der Waals surface area (Å²) >= 11 is 6.19. The Morgan fingerprint density at radius 2 is 1.89 bits per heavy atom. The summed E-state index contributed by atoms with van der Waals surface area (Å²) in [6, 6.07) is 12.9. The predicted octanol–water partition coefficient (Wildman–Crippen LogP) is 4.75. The molecule has 98 valence electrons. The average Bonchev–Trinajstić information content (AvgIpc) is 2.87. The van der Waals surface area contributed by atoms with Gasteiger partial charge in [0.2, 0.25) is 0 Å². The highest BCUT2D eigenvalue weighted by molar-refractivity contribution is 6.33. The summed E-state index contributed by atoms with van der Waals surface area (Å²) in [6.07, 6.45) is 3.77. The molecular weight excluding hydrogens is 254 g/mol. The zero-order valence-corrected chi connectivity index (χ0v) is 11.9. The van der Waals surface area contributed by atoms with Gasteiger partial charge in [-0.15, -0.1) is 0 Å². The fourth-order valence-electron chi connectivity index (χ4n) is 2.71. The summed E-state index contributed by atoms with van der Waals surface area (Å²) in [4.78, 5) is 0. The molecule has 0 amide bonds. The smallest absolute Gasteiger partial charge is 0.0637 e. The maximum Gasteiger partial charge on any atom is 0.0637 e. The summed E-state index contributed by atoms with van der Waals surface area (Å²) in [6.45, 7) is 2.91. The maximum absolute atomic E-state index is 6.19. The van der Waals surface area contributed by atoms with E-state index in [0.717, 1.165) is 17.3 Å². The third-order valence-corrected chi connectivity index (χ3v) is 4.10. The van der Waals surface area contributed by atoms with Gasteiger partial charge in [0.25, 0.3) is 0 Å². The van der Waals surface area contributed by atoms with Crippen LogP contribution < -0.4 is 5.32 Å². The van der Waals surface area contributed by atoms with Crippen molar-refractivity contribution in [2.45, 2.75) is 32.7 Å². The molecular formula is C17H18ClN. The van der Waals surface area contributed by atoms with Gasteiger partial charge in [-0.1, -0.05) is 35.9 Å². The van der Waals surface area contributed by atoms with Crippen LogP contribution in [0.25, 0.3) is 0 Å². The van der Waals surface area contributed by atoms with Crippen molar-refractivity contribution >= 4 is 17.3 Å². The Morgan fingerprint density at radius 1 is 1.05 bits per heavy atom. The first-order valence-electron chi connectivity index (χ1n) is 6.83. The van der Waals surface area contributed by atoms with Crippen molar-refractivity contribution in [1.82, 2.24) is 0 Å². The zero-order valence-electron chi connectivity index (χ0n) is 11.2. The molecule has 0 fully saturated rings. The van der Waals surface area contributed by atoms with Crippen molar-refractivity contribution in [2.75, 3.05) is 5.32 Å². The molecule has 0 aromatic heterocycles. The van der Waals surface area contributed by atoms with Crippen LogP contribution in [0.15, 0.2) is 36.4 Å². The molecule has 0 atom stereocenters. The van der Waals surface area contributed by atoms with Crippen LogP contribution in [0.4, 0.5) is 5.69 Å². The van der Waals surface area contributed by atoms with E-state index in [1.807, 2.05) is 12.1 Å². The van der Waals surface area contributed by atoms with Gasteiger partial charge in [0, 0.05) is 6.54 Å². The lowest BCUT2D eigenvalue weighted by molar-refractivity contribution is 0.911. The fourth-order valence-corrected chi connectivity index (χ4v) is 2.89. The third-order valence-electron chi connectivity index (χ3n) is 3.77. The Bertz CT molecular complexity index is 604. The van der Waals surface area contributed by atoms with E-state index >= 15 is 0 Å². The van der Waals surface area contributed by atoms with Crippen molar-refractivity contribution in [2.24, 2.45) is 0 Å². The minimum absolute atomic E-state index is 0.784. The van der Waals surface area contributed by atoms with Gasteiger partial charge in [-0.25, -0.2) is 0 Å². The monoisotopic (exact) mass is 271 g/mol. The van der Waals surface area contributed by atoms with Crippen molar-refractivity contribution in [3.8, 4) is 0 Å². The van der Waals surface area contributed by atoms with Crippen LogP contribution in [0.3, 0.4) is 0 Å². The molecule has 2 heteroatoms. The summed E-state index contributed by atoms with van der Waals surface area (Å²) < 4.78 is 0. The highest BCUT2D eigenvalue weighted by Gasteiger charge is 2.10. The third kappa shape index (κ3) is 2.76. The van der Waals surface area contributed by atoms with E-state index in [-0.39, 0.29) is 0 Å². The molecule has 0 saturated carbocycles. The molecule has 1 aliphatic rings. The lowest BCUT2D eigenvalue weighted by Crippen LogP contribution is -2.01. The highest BCUT2D eigenvalue weighted by atomic mass is 35.5. The molecule has 1 aliphatic carbocycles. The van der Waals surface area contributed by atoms with E-state index < -0.39 is 0 Å². The number of halogens is 1. The largest absolute Gasteiger partial charge is 0.380 e. The van der Waals surface area contributed by atoms with Crippen molar-refractivity contribution in [1.29, 1.82) is 0 Å². The van der Waals surface area contributed by atoms with Crippen LogP contribution in [0.2, 0.25) is 5.02 Å². The molecule has 19 heavy (non-hydrogen) atoms. The summed E-state index contributed by atoms with van der Waals surface area (Å²) in [5.74, 6) is 0. The van der Waals surface area contributed by atoms with Gasteiger partial charge in [-0.3, -0.25) is 0 Å². The van der Waals surface area contributed by atoms with Crippen LogP contribution in [0.5, 0.6) is 0 Å². The van der Waals surface area contributed by atoms with E-state index in [1.165, 1.54) is 41.5 Å². The Balaban J connectivity index is 1.74. The molecule has 2 aromatic rings. The molecule has 3 rings (SSSR count). The van der Waals surface area contributed by atoms with Crippen LogP contribution in [0, 0.1) is 6.92 Å². The van der Waals surface area contributed by atoms with E-state index in [9.17, 15) is 0 Å². The van der Waals surface area contributed by atoms with E-state index in [1.54, 1.807) is 0 Å². The molecule has 0 unspecified atom stereocenters. The fraction of sp³-hybridized carbons (Fsp3) is 0.294. The molecule has 1 nitrogen and oxygen atoms in total. The first kappa shape index (κ1) is 12.6.